The van der Waals surface area contributed by atoms with Gasteiger partial charge in [-0.05, 0) is 73.2 Å². The number of ether oxygens (including phenoxy) is 2. The van der Waals surface area contributed by atoms with Gasteiger partial charge >= 0.3 is 12.1 Å². The average molecular weight is 553 g/mol. The second-order valence-corrected chi connectivity index (χ2v) is 8.76. The molecule has 0 saturated carbocycles. The molecule has 1 aliphatic carbocycles. The van der Waals surface area contributed by atoms with Crippen LogP contribution in [0.4, 0.5) is 30.7 Å². The van der Waals surface area contributed by atoms with Crippen molar-refractivity contribution in [3.8, 4) is 5.75 Å². The lowest BCUT2D eigenvalue weighted by Crippen LogP contribution is -2.10. The molecule has 2 aromatic carbocycles. The van der Waals surface area contributed by atoms with Crippen molar-refractivity contribution < 1.29 is 45.0 Å². The standard InChI is InChI=1S/C28H22F7NO3/c1-2-38-27(37)25-9-15(13-29)8-24(36-25)19-5-3-4-18(19)20-10-16(28(33,34)35)6-7-26(20)39-14-21-22(31)11-17(30)12-23(21)32/h6-12H,2-5,13-14H2,1H3. The van der Waals surface area contributed by atoms with Gasteiger partial charge in [0.05, 0.1) is 23.4 Å². The fourth-order valence-corrected chi connectivity index (χ4v) is 4.38. The van der Waals surface area contributed by atoms with Crippen LogP contribution in [0.2, 0.25) is 0 Å². The first-order valence-corrected chi connectivity index (χ1v) is 12.0. The van der Waals surface area contributed by atoms with E-state index in [1.54, 1.807) is 6.92 Å². The van der Waals surface area contributed by atoms with Gasteiger partial charge in [-0.3, -0.25) is 0 Å². The predicted molar refractivity (Wildman–Crippen MR) is 128 cm³/mol. The number of benzene rings is 2. The Labute approximate surface area is 219 Å². The van der Waals surface area contributed by atoms with Crippen molar-refractivity contribution >= 4 is 17.1 Å². The Kier molecular flexibility index (Phi) is 8.27. The molecule has 1 aromatic heterocycles. The van der Waals surface area contributed by atoms with Gasteiger partial charge in [0.15, 0.2) is 0 Å². The third kappa shape index (κ3) is 6.23. The van der Waals surface area contributed by atoms with Crippen LogP contribution in [-0.4, -0.2) is 17.6 Å². The van der Waals surface area contributed by atoms with E-state index in [1.165, 1.54) is 12.1 Å². The van der Waals surface area contributed by atoms with Crippen LogP contribution in [0, 0.1) is 17.5 Å². The van der Waals surface area contributed by atoms with E-state index in [-0.39, 0.29) is 34.9 Å². The van der Waals surface area contributed by atoms with E-state index in [0.29, 0.717) is 42.5 Å². The Morgan fingerprint density at radius 3 is 2.31 bits per heavy atom. The molecule has 3 aromatic rings. The van der Waals surface area contributed by atoms with E-state index in [9.17, 15) is 35.5 Å². The van der Waals surface area contributed by atoms with Gasteiger partial charge in [0, 0.05) is 17.7 Å². The molecular formula is C28H22F7NO3. The van der Waals surface area contributed by atoms with Crippen molar-refractivity contribution in [3.63, 3.8) is 0 Å². The van der Waals surface area contributed by atoms with Crippen molar-refractivity contribution in [2.24, 2.45) is 0 Å². The number of carbonyl (C=O) groups excluding carboxylic acids is 1. The van der Waals surface area contributed by atoms with Gasteiger partial charge in [0.1, 0.15) is 42.2 Å². The molecule has 4 nitrogen and oxygen atoms in total. The maximum Gasteiger partial charge on any atom is 0.416 e. The van der Waals surface area contributed by atoms with Gasteiger partial charge in [-0.25, -0.2) is 27.3 Å². The minimum absolute atomic E-state index is 0.00499. The number of hydrogen-bond acceptors (Lipinski definition) is 4. The highest BCUT2D eigenvalue weighted by molar-refractivity contribution is 5.95. The number of rotatable bonds is 8. The maximum atomic E-state index is 14.2. The third-order valence-electron chi connectivity index (χ3n) is 6.16. The summed E-state index contributed by atoms with van der Waals surface area (Å²) in [6, 6.07) is 6.25. The van der Waals surface area contributed by atoms with Gasteiger partial charge in [-0.2, -0.15) is 13.2 Å². The van der Waals surface area contributed by atoms with Gasteiger partial charge in [0.25, 0.3) is 0 Å². The lowest BCUT2D eigenvalue weighted by molar-refractivity contribution is -0.137. The van der Waals surface area contributed by atoms with E-state index in [0.717, 1.165) is 18.2 Å². The molecule has 0 amide bonds. The smallest absolute Gasteiger partial charge is 0.416 e. The third-order valence-corrected chi connectivity index (χ3v) is 6.16. The van der Waals surface area contributed by atoms with Gasteiger partial charge in [-0.1, -0.05) is 0 Å². The minimum atomic E-state index is -4.70. The quantitative estimate of drug-likeness (QED) is 0.211. The van der Waals surface area contributed by atoms with Crippen LogP contribution in [-0.2, 0) is 24.2 Å². The molecule has 0 N–H and O–H groups in total. The molecule has 1 aliphatic rings. The topological polar surface area (TPSA) is 48.4 Å². The molecule has 0 saturated heterocycles. The summed E-state index contributed by atoms with van der Waals surface area (Å²) in [5, 5.41) is 0. The molecular weight excluding hydrogens is 531 g/mol. The summed E-state index contributed by atoms with van der Waals surface area (Å²) in [4.78, 5) is 16.6. The molecule has 0 bridgehead atoms. The van der Waals surface area contributed by atoms with Crippen LogP contribution in [0.15, 0.2) is 42.5 Å². The van der Waals surface area contributed by atoms with Crippen LogP contribution in [0.1, 0.15) is 64.6 Å². The summed E-state index contributed by atoms with van der Waals surface area (Å²) in [5.74, 6) is -4.43. The Morgan fingerprint density at radius 2 is 1.67 bits per heavy atom. The first-order valence-electron chi connectivity index (χ1n) is 12.0. The molecule has 0 fully saturated rings. The van der Waals surface area contributed by atoms with Crippen molar-refractivity contribution in [1.29, 1.82) is 0 Å². The Morgan fingerprint density at radius 1 is 0.974 bits per heavy atom. The minimum Gasteiger partial charge on any atom is -0.488 e. The number of carbonyl (C=O) groups is 1. The molecule has 0 atom stereocenters. The zero-order chi connectivity index (χ0) is 28.3. The number of halogens is 7. The first kappa shape index (κ1) is 28.1. The summed E-state index contributed by atoms with van der Waals surface area (Å²) < 4.78 is 107. The number of aromatic nitrogens is 1. The summed E-state index contributed by atoms with van der Waals surface area (Å²) in [7, 11) is 0. The fourth-order valence-electron chi connectivity index (χ4n) is 4.38. The van der Waals surface area contributed by atoms with E-state index >= 15 is 0 Å². The molecule has 0 aliphatic heterocycles. The lowest BCUT2D eigenvalue weighted by Gasteiger charge is -2.18. The molecule has 4 rings (SSSR count). The molecule has 0 unspecified atom stereocenters. The largest absolute Gasteiger partial charge is 0.488 e. The molecule has 11 heteroatoms. The molecule has 0 radical (unpaired) electrons. The number of alkyl halides is 4. The van der Waals surface area contributed by atoms with E-state index < -0.39 is 54.0 Å². The van der Waals surface area contributed by atoms with Crippen molar-refractivity contribution in [2.45, 2.75) is 45.6 Å². The number of hydrogen-bond donors (Lipinski definition) is 0. The van der Waals surface area contributed by atoms with E-state index in [2.05, 4.69) is 4.98 Å². The normalized spacial score (nSPS) is 13.6. The second-order valence-electron chi connectivity index (χ2n) is 8.76. The van der Waals surface area contributed by atoms with Gasteiger partial charge in [-0.15, -0.1) is 0 Å². The summed E-state index contributed by atoms with van der Waals surface area (Å²) in [6.07, 6.45) is -3.54. The second kappa shape index (κ2) is 11.5. The SMILES string of the molecule is CCOC(=O)c1cc(CF)cc(C2=C(c3cc(C(F)(F)F)ccc3OCc3c(F)cc(F)cc3F)CCC2)n1. The highest BCUT2D eigenvalue weighted by atomic mass is 19.4. The van der Waals surface area contributed by atoms with Crippen molar-refractivity contribution in [1.82, 2.24) is 4.98 Å². The maximum absolute atomic E-state index is 14.2. The molecule has 206 valence electrons. The monoisotopic (exact) mass is 553 g/mol. The van der Waals surface area contributed by atoms with Gasteiger partial charge in [0.2, 0.25) is 0 Å². The predicted octanol–water partition coefficient (Wildman–Crippen LogP) is 7.84. The van der Waals surface area contributed by atoms with Crippen LogP contribution in [0.3, 0.4) is 0 Å². The zero-order valence-corrected chi connectivity index (χ0v) is 20.6. The van der Waals surface area contributed by atoms with Crippen LogP contribution < -0.4 is 4.74 Å². The highest BCUT2D eigenvalue weighted by Crippen LogP contribution is 2.44. The van der Waals surface area contributed by atoms with Crippen molar-refractivity contribution in [3.05, 3.63) is 93.6 Å². The first-order chi connectivity index (χ1) is 18.5. The lowest BCUT2D eigenvalue weighted by atomic mass is 9.96. The number of pyridine rings is 1. The zero-order valence-electron chi connectivity index (χ0n) is 20.6. The number of esters is 1. The summed E-state index contributed by atoms with van der Waals surface area (Å²) >= 11 is 0. The highest BCUT2D eigenvalue weighted by Gasteiger charge is 2.33. The molecule has 0 spiro atoms. The van der Waals surface area contributed by atoms with Crippen LogP contribution >= 0.6 is 0 Å². The Bertz CT molecular complexity index is 1410. The van der Waals surface area contributed by atoms with Crippen LogP contribution in [0.25, 0.3) is 11.1 Å². The van der Waals surface area contributed by atoms with E-state index in [4.69, 9.17) is 9.47 Å². The van der Waals surface area contributed by atoms with E-state index in [1.807, 2.05) is 0 Å². The van der Waals surface area contributed by atoms with Crippen molar-refractivity contribution in [2.75, 3.05) is 6.61 Å². The number of allylic oxidation sites excluding steroid dienone is 2. The Balaban J connectivity index is 1.82. The summed E-state index contributed by atoms with van der Waals surface area (Å²) in [6.45, 7) is 0.0108. The number of nitrogens with zero attached hydrogens (tertiary/aromatic N) is 1. The van der Waals surface area contributed by atoms with Crippen LogP contribution in [0.5, 0.6) is 5.75 Å². The fraction of sp³-hybridized carbons (Fsp3) is 0.286. The average Bonchev–Trinajstić information content (AvgIpc) is 3.37. The molecule has 1 heterocycles. The Hall–Kier alpha value is -3.89. The summed E-state index contributed by atoms with van der Waals surface area (Å²) in [5.41, 5.74) is -0.536. The molecule has 39 heavy (non-hydrogen) atoms. The van der Waals surface area contributed by atoms with Gasteiger partial charge < -0.3 is 9.47 Å².